The van der Waals surface area contributed by atoms with E-state index in [4.69, 9.17) is 4.74 Å². The maximum atomic E-state index is 12.9. The third kappa shape index (κ3) is 5.82. The van der Waals surface area contributed by atoms with Crippen molar-refractivity contribution in [3.8, 4) is 5.75 Å². The maximum absolute atomic E-state index is 12.9. The molecule has 1 N–H and O–H groups in total. The molecule has 1 amide bonds. The summed E-state index contributed by atoms with van der Waals surface area (Å²) in [6.45, 7) is 10.1. The molecule has 0 aromatic heterocycles. The third-order valence-corrected chi connectivity index (χ3v) is 5.11. The average Bonchev–Trinajstić information content (AvgIpc) is 2.74. The molecule has 0 aliphatic rings. The van der Waals surface area contributed by atoms with Crippen molar-refractivity contribution in [1.29, 1.82) is 0 Å². The summed E-state index contributed by atoms with van der Waals surface area (Å²) in [4.78, 5) is 25.5. The standard InChI is InChI=1S/C27H29NO3/c1-18-9-15-24(16-10-18)31-19(2)26(30)28-23-8-6-7-21(17-23)25(29)20-11-13-22(14-12-20)27(3,4)5/h6-17,19H,1-5H3,(H,28,30)/t19-/m1/s1. The number of ketones is 1. The van der Waals surface area contributed by atoms with Gasteiger partial charge in [-0.05, 0) is 49.1 Å². The van der Waals surface area contributed by atoms with Crippen LogP contribution in [0.1, 0.15) is 54.7 Å². The number of carbonyl (C=O) groups excluding carboxylic acids is 2. The Balaban J connectivity index is 1.68. The van der Waals surface area contributed by atoms with Gasteiger partial charge in [-0.1, -0.05) is 74.9 Å². The van der Waals surface area contributed by atoms with Gasteiger partial charge in [0.1, 0.15) is 5.75 Å². The number of carbonyl (C=O) groups is 2. The highest BCUT2D eigenvalue weighted by Crippen LogP contribution is 2.23. The predicted octanol–water partition coefficient (Wildman–Crippen LogP) is 5.93. The van der Waals surface area contributed by atoms with E-state index in [1.807, 2.05) is 55.5 Å². The molecule has 0 radical (unpaired) electrons. The van der Waals surface area contributed by atoms with Crippen LogP contribution in [0.25, 0.3) is 0 Å². The van der Waals surface area contributed by atoms with E-state index in [-0.39, 0.29) is 17.1 Å². The SMILES string of the molecule is Cc1ccc(O[C@H](C)C(=O)Nc2cccc(C(=O)c3ccc(C(C)(C)C)cc3)c2)cc1. The first kappa shape index (κ1) is 22.3. The molecule has 0 aliphatic heterocycles. The van der Waals surface area contributed by atoms with Crippen LogP contribution in [0.2, 0.25) is 0 Å². The summed E-state index contributed by atoms with van der Waals surface area (Å²) in [6, 6.07) is 22.2. The van der Waals surface area contributed by atoms with Crippen LogP contribution in [0.3, 0.4) is 0 Å². The highest BCUT2D eigenvalue weighted by molar-refractivity contribution is 6.09. The quantitative estimate of drug-likeness (QED) is 0.508. The summed E-state index contributed by atoms with van der Waals surface area (Å²) in [7, 11) is 0. The summed E-state index contributed by atoms with van der Waals surface area (Å²) < 4.78 is 5.71. The van der Waals surface area contributed by atoms with Crippen molar-refractivity contribution in [3.05, 3.63) is 95.1 Å². The van der Waals surface area contributed by atoms with Gasteiger partial charge in [-0.15, -0.1) is 0 Å². The lowest BCUT2D eigenvalue weighted by atomic mass is 9.86. The Kier molecular flexibility index (Phi) is 6.59. The van der Waals surface area contributed by atoms with E-state index in [9.17, 15) is 9.59 Å². The Hall–Kier alpha value is -3.40. The lowest BCUT2D eigenvalue weighted by Gasteiger charge is -2.19. The van der Waals surface area contributed by atoms with Gasteiger partial charge in [0.05, 0.1) is 0 Å². The number of hydrogen-bond donors (Lipinski definition) is 1. The predicted molar refractivity (Wildman–Crippen MR) is 125 cm³/mol. The lowest BCUT2D eigenvalue weighted by Crippen LogP contribution is -2.30. The number of aryl methyl sites for hydroxylation is 1. The van der Waals surface area contributed by atoms with E-state index >= 15 is 0 Å². The fourth-order valence-electron chi connectivity index (χ4n) is 3.14. The summed E-state index contributed by atoms with van der Waals surface area (Å²) in [6.07, 6.45) is -0.674. The van der Waals surface area contributed by atoms with E-state index in [0.29, 0.717) is 22.6 Å². The van der Waals surface area contributed by atoms with Crippen LogP contribution < -0.4 is 10.1 Å². The van der Waals surface area contributed by atoms with Crippen molar-refractivity contribution in [2.24, 2.45) is 0 Å². The summed E-state index contributed by atoms with van der Waals surface area (Å²) in [5, 5.41) is 2.83. The molecule has 3 aromatic rings. The van der Waals surface area contributed by atoms with Crippen LogP contribution >= 0.6 is 0 Å². The van der Waals surface area contributed by atoms with E-state index in [2.05, 4.69) is 26.1 Å². The Bertz CT molecular complexity index is 1060. The molecule has 0 heterocycles. The number of anilines is 1. The summed E-state index contributed by atoms with van der Waals surface area (Å²) in [5.41, 5.74) is 4.03. The minimum Gasteiger partial charge on any atom is -0.481 e. The second kappa shape index (κ2) is 9.17. The molecule has 3 rings (SSSR count). The van der Waals surface area contributed by atoms with Gasteiger partial charge in [0.25, 0.3) is 5.91 Å². The summed E-state index contributed by atoms with van der Waals surface area (Å²) in [5.74, 6) is 0.274. The molecule has 0 spiro atoms. The van der Waals surface area contributed by atoms with Crippen LogP contribution in [0.4, 0.5) is 5.69 Å². The number of benzene rings is 3. The molecule has 0 aliphatic carbocycles. The fourth-order valence-corrected chi connectivity index (χ4v) is 3.14. The van der Waals surface area contributed by atoms with Gasteiger partial charge in [-0.2, -0.15) is 0 Å². The topological polar surface area (TPSA) is 55.4 Å². The molecule has 0 fully saturated rings. The monoisotopic (exact) mass is 415 g/mol. The molecule has 4 heteroatoms. The Morgan fingerprint density at radius 3 is 2.13 bits per heavy atom. The van der Waals surface area contributed by atoms with Crippen molar-refractivity contribution >= 4 is 17.4 Å². The molecular formula is C27H29NO3. The van der Waals surface area contributed by atoms with Gasteiger partial charge < -0.3 is 10.1 Å². The first-order valence-electron chi connectivity index (χ1n) is 10.4. The maximum Gasteiger partial charge on any atom is 0.265 e. The smallest absolute Gasteiger partial charge is 0.265 e. The number of amides is 1. The van der Waals surface area contributed by atoms with Gasteiger partial charge >= 0.3 is 0 Å². The Morgan fingerprint density at radius 2 is 1.52 bits per heavy atom. The van der Waals surface area contributed by atoms with E-state index in [1.54, 1.807) is 31.2 Å². The molecule has 160 valence electrons. The highest BCUT2D eigenvalue weighted by Gasteiger charge is 2.17. The lowest BCUT2D eigenvalue weighted by molar-refractivity contribution is -0.122. The first-order valence-corrected chi connectivity index (χ1v) is 10.4. The molecule has 0 saturated heterocycles. The highest BCUT2D eigenvalue weighted by atomic mass is 16.5. The van der Waals surface area contributed by atoms with E-state index in [0.717, 1.165) is 5.56 Å². The van der Waals surface area contributed by atoms with Crippen molar-refractivity contribution in [2.75, 3.05) is 5.32 Å². The van der Waals surface area contributed by atoms with Crippen LogP contribution in [0.5, 0.6) is 5.75 Å². The van der Waals surface area contributed by atoms with Gasteiger partial charge in [0, 0.05) is 16.8 Å². The fraction of sp³-hybridized carbons (Fsp3) is 0.259. The normalized spacial score (nSPS) is 12.2. The molecule has 1 atom stereocenters. The second-order valence-corrected chi connectivity index (χ2v) is 8.80. The zero-order chi connectivity index (χ0) is 22.6. The molecule has 31 heavy (non-hydrogen) atoms. The van der Waals surface area contributed by atoms with Crippen molar-refractivity contribution in [2.45, 2.75) is 46.1 Å². The third-order valence-electron chi connectivity index (χ3n) is 5.11. The van der Waals surface area contributed by atoms with E-state index < -0.39 is 6.10 Å². The Morgan fingerprint density at radius 1 is 0.871 bits per heavy atom. The van der Waals surface area contributed by atoms with Crippen molar-refractivity contribution in [3.63, 3.8) is 0 Å². The number of rotatable bonds is 6. The molecule has 0 saturated carbocycles. The number of hydrogen-bond acceptors (Lipinski definition) is 3. The van der Waals surface area contributed by atoms with Crippen LogP contribution in [-0.2, 0) is 10.2 Å². The molecule has 3 aromatic carbocycles. The van der Waals surface area contributed by atoms with Gasteiger partial charge in [-0.3, -0.25) is 9.59 Å². The minimum atomic E-state index is -0.674. The number of nitrogens with one attached hydrogen (secondary N) is 1. The zero-order valence-corrected chi connectivity index (χ0v) is 18.7. The molecule has 0 unspecified atom stereocenters. The summed E-state index contributed by atoms with van der Waals surface area (Å²) >= 11 is 0. The molecule has 4 nitrogen and oxygen atoms in total. The van der Waals surface area contributed by atoms with Crippen molar-refractivity contribution in [1.82, 2.24) is 0 Å². The van der Waals surface area contributed by atoms with Gasteiger partial charge in [0.2, 0.25) is 0 Å². The van der Waals surface area contributed by atoms with Crippen LogP contribution in [0, 0.1) is 6.92 Å². The van der Waals surface area contributed by atoms with Crippen LogP contribution in [-0.4, -0.2) is 17.8 Å². The second-order valence-electron chi connectivity index (χ2n) is 8.80. The van der Waals surface area contributed by atoms with Gasteiger partial charge in [0.15, 0.2) is 11.9 Å². The van der Waals surface area contributed by atoms with Crippen molar-refractivity contribution < 1.29 is 14.3 Å². The largest absolute Gasteiger partial charge is 0.481 e. The zero-order valence-electron chi connectivity index (χ0n) is 18.7. The average molecular weight is 416 g/mol. The molecule has 0 bridgehead atoms. The van der Waals surface area contributed by atoms with Gasteiger partial charge in [-0.25, -0.2) is 0 Å². The Labute approximate surface area is 184 Å². The number of ether oxygens (including phenoxy) is 1. The molecular weight excluding hydrogens is 386 g/mol. The first-order chi connectivity index (χ1) is 14.6. The minimum absolute atomic E-state index is 0.0309. The van der Waals surface area contributed by atoms with Crippen LogP contribution in [0.15, 0.2) is 72.8 Å². The van der Waals surface area contributed by atoms with E-state index in [1.165, 1.54) is 5.56 Å².